The molecule has 0 aromatic heterocycles. The quantitative estimate of drug-likeness (QED) is 0.714. The maximum Gasteiger partial charge on any atom is 0.232 e. The molecule has 1 saturated heterocycles. The first-order valence-electron chi connectivity index (χ1n) is 8.81. The maximum absolute atomic E-state index is 12.8. The third kappa shape index (κ3) is 4.67. The van der Waals surface area contributed by atoms with Crippen LogP contribution in [0.5, 0.6) is 11.5 Å². The average Bonchev–Trinajstić information content (AvgIpc) is 2.69. The molecule has 1 atom stereocenters. The summed E-state index contributed by atoms with van der Waals surface area (Å²) in [5, 5.41) is 0. The molecule has 0 N–H and O–H groups in total. The van der Waals surface area contributed by atoms with Crippen LogP contribution in [0.3, 0.4) is 0 Å². The normalized spacial score (nSPS) is 17.0. The van der Waals surface area contributed by atoms with Gasteiger partial charge in [0.25, 0.3) is 0 Å². The SMILES string of the molecule is CSCC(=O)N1CCC[C@H](C(=O)c2ccc(Oc3ccccc3)cc2)C1. The predicted octanol–water partition coefficient (Wildman–Crippen LogP) is 4.26. The predicted molar refractivity (Wildman–Crippen MR) is 105 cm³/mol. The number of hydrogen-bond acceptors (Lipinski definition) is 4. The molecule has 0 saturated carbocycles. The van der Waals surface area contributed by atoms with Gasteiger partial charge in [-0.05, 0) is 55.5 Å². The summed E-state index contributed by atoms with van der Waals surface area (Å²) in [5.74, 6) is 2.07. The van der Waals surface area contributed by atoms with Crippen LogP contribution in [0.2, 0.25) is 0 Å². The van der Waals surface area contributed by atoms with Crippen LogP contribution in [0.4, 0.5) is 0 Å². The molecular formula is C21H23NO3S. The van der Waals surface area contributed by atoms with Crippen LogP contribution < -0.4 is 4.74 Å². The number of carbonyl (C=O) groups is 2. The van der Waals surface area contributed by atoms with Crippen molar-refractivity contribution in [2.45, 2.75) is 12.8 Å². The van der Waals surface area contributed by atoms with Crippen LogP contribution in [0.25, 0.3) is 0 Å². The highest BCUT2D eigenvalue weighted by molar-refractivity contribution is 7.99. The Hall–Kier alpha value is -2.27. The van der Waals surface area contributed by atoms with Gasteiger partial charge in [0, 0.05) is 24.6 Å². The lowest BCUT2D eigenvalue weighted by atomic mass is 9.90. The number of likely N-dealkylation sites (tertiary alicyclic amines) is 1. The van der Waals surface area contributed by atoms with E-state index in [0.717, 1.165) is 25.1 Å². The van der Waals surface area contributed by atoms with Gasteiger partial charge in [-0.3, -0.25) is 9.59 Å². The van der Waals surface area contributed by atoms with Crippen LogP contribution in [-0.4, -0.2) is 41.7 Å². The summed E-state index contributed by atoms with van der Waals surface area (Å²) in [4.78, 5) is 26.7. The summed E-state index contributed by atoms with van der Waals surface area (Å²) < 4.78 is 5.77. The summed E-state index contributed by atoms with van der Waals surface area (Å²) in [6.07, 6.45) is 3.64. The third-order valence-corrected chi connectivity index (χ3v) is 5.07. The van der Waals surface area contributed by atoms with Crippen LogP contribution in [0.15, 0.2) is 54.6 Å². The number of carbonyl (C=O) groups excluding carboxylic acids is 2. The zero-order valence-electron chi connectivity index (χ0n) is 14.9. The van der Waals surface area contributed by atoms with E-state index in [1.807, 2.05) is 65.8 Å². The van der Waals surface area contributed by atoms with Crippen molar-refractivity contribution in [3.8, 4) is 11.5 Å². The van der Waals surface area contributed by atoms with Gasteiger partial charge in [0.05, 0.1) is 5.75 Å². The van der Waals surface area contributed by atoms with Crippen LogP contribution in [0.1, 0.15) is 23.2 Å². The smallest absolute Gasteiger partial charge is 0.232 e. The minimum Gasteiger partial charge on any atom is -0.457 e. The van der Waals surface area contributed by atoms with E-state index < -0.39 is 0 Å². The van der Waals surface area contributed by atoms with E-state index in [0.29, 0.717) is 23.6 Å². The number of nitrogens with zero attached hydrogens (tertiary/aromatic N) is 1. The Bertz CT molecular complexity index is 746. The van der Waals surface area contributed by atoms with Gasteiger partial charge in [-0.25, -0.2) is 0 Å². The van der Waals surface area contributed by atoms with E-state index in [-0.39, 0.29) is 17.6 Å². The van der Waals surface area contributed by atoms with Crippen molar-refractivity contribution in [1.82, 2.24) is 4.90 Å². The Kier molecular flexibility index (Phi) is 6.34. The lowest BCUT2D eigenvalue weighted by Crippen LogP contribution is -2.43. The number of hydrogen-bond donors (Lipinski definition) is 0. The number of ether oxygens (including phenoxy) is 1. The number of ketones is 1. The first-order chi connectivity index (χ1) is 12.7. The molecule has 136 valence electrons. The van der Waals surface area contributed by atoms with E-state index >= 15 is 0 Å². The van der Waals surface area contributed by atoms with Gasteiger partial charge in [0.1, 0.15) is 11.5 Å². The van der Waals surface area contributed by atoms with Crippen molar-refractivity contribution < 1.29 is 14.3 Å². The minimum atomic E-state index is -0.115. The monoisotopic (exact) mass is 369 g/mol. The molecule has 1 amide bonds. The Labute approximate surface area is 158 Å². The van der Waals surface area contributed by atoms with Crippen molar-refractivity contribution in [1.29, 1.82) is 0 Å². The molecule has 2 aromatic rings. The first-order valence-corrected chi connectivity index (χ1v) is 10.2. The van der Waals surface area contributed by atoms with E-state index in [1.165, 1.54) is 11.8 Å². The summed E-state index contributed by atoms with van der Waals surface area (Å²) in [7, 11) is 0. The Morgan fingerprint density at radius 1 is 1.08 bits per heavy atom. The van der Waals surface area contributed by atoms with Gasteiger partial charge in [-0.1, -0.05) is 18.2 Å². The fourth-order valence-electron chi connectivity index (χ4n) is 3.18. The molecule has 0 bridgehead atoms. The molecular weight excluding hydrogens is 346 g/mol. The van der Waals surface area contributed by atoms with Crippen molar-refractivity contribution in [3.63, 3.8) is 0 Å². The number of amides is 1. The molecule has 0 spiro atoms. The van der Waals surface area contributed by atoms with E-state index in [4.69, 9.17) is 4.74 Å². The zero-order valence-corrected chi connectivity index (χ0v) is 15.7. The maximum atomic E-state index is 12.8. The van der Waals surface area contributed by atoms with E-state index in [2.05, 4.69) is 0 Å². The second-order valence-electron chi connectivity index (χ2n) is 6.42. The molecule has 1 fully saturated rings. The molecule has 5 heteroatoms. The van der Waals surface area contributed by atoms with Crippen molar-refractivity contribution >= 4 is 23.5 Å². The number of benzene rings is 2. The molecule has 1 heterocycles. The molecule has 4 nitrogen and oxygen atoms in total. The first kappa shape index (κ1) is 18.5. The molecule has 0 unspecified atom stereocenters. The van der Waals surface area contributed by atoms with Gasteiger partial charge in [-0.15, -0.1) is 0 Å². The third-order valence-electron chi connectivity index (χ3n) is 4.53. The Morgan fingerprint density at radius 3 is 2.46 bits per heavy atom. The number of piperidine rings is 1. The molecule has 2 aromatic carbocycles. The van der Waals surface area contributed by atoms with Gasteiger partial charge in [0.15, 0.2) is 5.78 Å². The van der Waals surface area contributed by atoms with Crippen molar-refractivity contribution in [2.75, 3.05) is 25.1 Å². The Morgan fingerprint density at radius 2 is 1.77 bits per heavy atom. The standard InChI is InChI=1S/C21H23NO3S/c1-26-15-20(23)22-13-5-6-17(14-22)21(24)16-9-11-19(12-10-16)25-18-7-3-2-4-8-18/h2-4,7-12,17H,5-6,13-15H2,1H3/t17-/m0/s1. The van der Waals surface area contributed by atoms with E-state index in [9.17, 15) is 9.59 Å². The molecule has 26 heavy (non-hydrogen) atoms. The topological polar surface area (TPSA) is 46.6 Å². The summed E-state index contributed by atoms with van der Waals surface area (Å²) in [5.41, 5.74) is 0.676. The molecule has 3 rings (SSSR count). The van der Waals surface area contributed by atoms with Crippen molar-refractivity contribution in [3.05, 3.63) is 60.2 Å². The number of para-hydroxylation sites is 1. The van der Waals surface area contributed by atoms with Gasteiger partial charge in [0.2, 0.25) is 5.91 Å². The molecule has 0 aliphatic carbocycles. The van der Waals surface area contributed by atoms with Gasteiger partial charge >= 0.3 is 0 Å². The van der Waals surface area contributed by atoms with Crippen LogP contribution >= 0.6 is 11.8 Å². The highest BCUT2D eigenvalue weighted by atomic mass is 32.2. The second kappa shape index (κ2) is 8.90. The second-order valence-corrected chi connectivity index (χ2v) is 7.28. The highest BCUT2D eigenvalue weighted by Crippen LogP contribution is 2.25. The zero-order chi connectivity index (χ0) is 18.4. The van der Waals surface area contributed by atoms with Crippen molar-refractivity contribution in [2.24, 2.45) is 5.92 Å². The van der Waals surface area contributed by atoms with Gasteiger partial charge < -0.3 is 9.64 Å². The van der Waals surface area contributed by atoms with E-state index in [1.54, 1.807) is 0 Å². The Balaban J connectivity index is 1.63. The number of thioether (sulfide) groups is 1. The molecule has 1 aliphatic heterocycles. The summed E-state index contributed by atoms with van der Waals surface area (Å²) in [6.45, 7) is 1.29. The molecule has 0 radical (unpaired) electrons. The summed E-state index contributed by atoms with van der Waals surface area (Å²) in [6, 6.07) is 16.8. The lowest BCUT2D eigenvalue weighted by molar-refractivity contribution is -0.129. The number of rotatable bonds is 6. The largest absolute Gasteiger partial charge is 0.457 e. The molecule has 1 aliphatic rings. The van der Waals surface area contributed by atoms with Crippen LogP contribution in [0, 0.1) is 5.92 Å². The lowest BCUT2D eigenvalue weighted by Gasteiger charge is -2.32. The fraction of sp³-hybridized carbons (Fsp3) is 0.333. The fourth-order valence-corrected chi connectivity index (χ4v) is 3.61. The van der Waals surface area contributed by atoms with Gasteiger partial charge in [-0.2, -0.15) is 11.8 Å². The highest BCUT2D eigenvalue weighted by Gasteiger charge is 2.28. The minimum absolute atomic E-state index is 0.109. The van der Waals surface area contributed by atoms with Crippen LogP contribution in [-0.2, 0) is 4.79 Å². The summed E-state index contributed by atoms with van der Waals surface area (Å²) >= 11 is 1.52. The average molecular weight is 369 g/mol. The number of Topliss-reactive ketones (excluding diaryl/α,β-unsaturated/α-hetero) is 1.